The Labute approximate surface area is 185 Å². The number of ketones is 1. The fourth-order valence-electron chi connectivity index (χ4n) is 3.81. The maximum absolute atomic E-state index is 12.9. The van der Waals surface area contributed by atoms with E-state index in [2.05, 4.69) is 0 Å². The van der Waals surface area contributed by atoms with Crippen molar-refractivity contribution < 1.29 is 34.4 Å². The zero-order chi connectivity index (χ0) is 23.3. The molecule has 1 atom stereocenters. The number of amides is 1. The van der Waals surface area contributed by atoms with Crippen molar-refractivity contribution in [2.75, 3.05) is 13.7 Å². The van der Waals surface area contributed by atoms with Gasteiger partial charge in [-0.15, -0.1) is 0 Å². The monoisotopic (exact) mass is 439 g/mol. The lowest BCUT2D eigenvalue weighted by molar-refractivity contribution is -0.140. The lowest BCUT2D eigenvalue weighted by Gasteiger charge is -2.25. The highest BCUT2D eigenvalue weighted by molar-refractivity contribution is 6.46. The molecule has 0 spiro atoms. The predicted molar refractivity (Wildman–Crippen MR) is 116 cm³/mol. The first-order chi connectivity index (χ1) is 15.3. The van der Waals surface area contributed by atoms with Crippen molar-refractivity contribution in [1.82, 2.24) is 4.90 Å². The van der Waals surface area contributed by atoms with Crippen LogP contribution in [0.2, 0.25) is 0 Å². The van der Waals surface area contributed by atoms with Gasteiger partial charge in [-0.1, -0.05) is 42.8 Å². The Bertz CT molecular complexity index is 1050. The van der Waals surface area contributed by atoms with Crippen LogP contribution in [0.3, 0.4) is 0 Å². The number of carbonyl (C=O) groups excluding carboxylic acids is 2. The molecule has 1 fully saturated rings. The van der Waals surface area contributed by atoms with Gasteiger partial charge in [-0.05, 0) is 30.5 Å². The number of benzene rings is 2. The molecule has 3 N–H and O–H groups in total. The number of aliphatic hydroxyl groups excluding tert-OH is 1. The van der Waals surface area contributed by atoms with Crippen LogP contribution in [0.1, 0.15) is 42.9 Å². The zero-order valence-electron chi connectivity index (χ0n) is 17.7. The largest absolute Gasteiger partial charge is 0.507 e. The first kappa shape index (κ1) is 22.9. The van der Waals surface area contributed by atoms with Gasteiger partial charge in [-0.2, -0.15) is 0 Å². The van der Waals surface area contributed by atoms with E-state index in [9.17, 15) is 24.6 Å². The Morgan fingerprint density at radius 3 is 2.41 bits per heavy atom. The number of carbonyl (C=O) groups is 3. The Morgan fingerprint density at radius 1 is 1.03 bits per heavy atom. The normalized spacial score (nSPS) is 17.5. The van der Waals surface area contributed by atoms with Crippen molar-refractivity contribution in [1.29, 1.82) is 0 Å². The van der Waals surface area contributed by atoms with Gasteiger partial charge in [0.05, 0.1) is 18.7 Å². The topological polar surface area (TPSA) is 124 Å². The predicted octanol–water partition coefficient (Wildman–Crippen LogP) is 3.47. The molecule has 1 unspecified atom stereocenters. The summed E-state index contributed by atoms with van der Waals surface area (Å²) >= 11 is 0. The third-order valence-corrected chi connectivity index (χ3v) is 5.40. The number of phenols is 1. The van der Waals surface area contributed by atoms with Gasteiger partial charge in [0.2, 0.25) is 0 Å². The summed E-state index contributed by atoms with van der Waals surface area (Å²) in [6, 6.07) is 12.1. The van der Waals surface area contributed by atoms with Crippen LogP contribution in [0.4, 0.5) is 0 Å². The van der Waals surface area contributed by atoms with Crippen molar-refractivity contribution in [3.05, 3.63) is 65.2 Å². The second-order valence-electron chi connectivity index (χ2n) is 7.49. The van der Waals surface area contributed by atoms with Crippen LogP contribution in [-0.4, -0.2) is 51.5 Å². The van der Waals surface area contributed by atoms with E-state index in [1.165, 1.54) is 24.1 Å². The molecule has 8 nitrogen and oxygen atoms in total. The van der Waals surface area contributed by atoms with Crippen LogP contribution in [0.25, 0.3) is 5.76 Å². The summed E-state index contributed by atoms with van der Waals surface area (Å²) < 4.78 is 5.18. The molecule has 1 amide bonds. The average Bonchev–Trinajstić information content (AvgIpc) is 3.04. The van der Waals surface area contributed by atoms with E-state index in [4.69, 9.17) is 9.84 Å². The average molecular weight is 439 g/mol. The van der Waals surface area contributed by atoms with Crippen LogP contribution < -0.4 is 4.74 Å². The third kappa shape index (κ3) is 4.74. The second kappa shape index (κ2) is 10.00. The summed E-state index contributed by atoms with van der Waals surface area (Å²) in [5.74, 6) is -2.62. The number of ether oxygens (including phenoxy) is 1. The minimum absolute atomic E-state index is 0.0331. The van der Waals surface area contributed by atoms with Crippen LogP contribution in [0.5, 0.6) is 11.5 Å². The molecule has 0 aromatic heterocycles. The van der Waals surface area contributed by atoms with E-state index >= 15 is 0 Å². The minimum atomic E-state index is -0.885. The fraction of sp³-hybridized carbons (Fsp3) is 0.292. The Hall–Kier alpha value is -3.81. The molecule has 1 aliphatic heterocycles. The van der Waals surface area contributed by atoms with E-state index in [1.54, 1.807) is 36.4 Å². The van der Waals surface area contributed by atoms with Gasteiger partial charge in [0.15, 0.2) is 11.5 Å². The number of nitrogens with zero attached hydrogens (tertiary/aromatic N) is 1. The number of carboxylic acids is 1. The highest BCUT2D eigenvalue weighted by Gasteiger charge is 2.46. The standard InChI is InChI=1S/C24H25NO7/c1-32-18-14-16(11-12-17(18)26)21-20(22(29)15-8-4-2-5-9-15)23(30)24(31)25(21)13-7-3-6-10-19(27)28/h2,4-5,8-9,11-12,14,21,26,29H,3,6-7,10,13H2,1H3,(H,27,28)/b22-20+. The molecule has 32 heavy (non-hydrogen) atoms. The Morgan fingerprint density at radius 2 is 1.75 bits per heavy atom. The van der Waals surface area contributed by atoms with Gasteiger partial charge < -0.3 is 25.0 Å². The number of aliphatic carboxylic acids is 1. The maximum Gasteiger partial charge on any atom is 0.303 e. The second-order valence-corrected chi connectivity index (χ2v) is 7.49. The summed E-state index contributed by atoms with van der Waals surface area (Å²) in [7, 11) is 1.39. The number of hydrogen-bond donors (Lipinski definition) is 3. The molecule has 168 valence electrons. The molecule has 1 heterocycles. The lowest BCUT2D eigenvalue weighted by atomic mass is 9.95. The molecule has 0 saturated carbocycles. The summed E-state index contributed by atoms with van der Waals surface area (Å²) in [6.45, 7) is 0.212. The lowest BCUT2D eigenvalue weighted by Crippen LogP contribution is -2.30. The minimum Gasteiger partial charge on any atom is -0.507 e. The van der Waals surface area contributed by atoms with Crippen LogP contribution in [0.15, 0.2) is 54.1 Å². The molecule has 0 bridgehead atoms. The molecule has 8 heteroatoms. The van der Waals surface area contributed by atoms with E-state index in [0.717, 1.165) is 0 Å². The Kier molecular flexibility index (Phi) is 7.14. The van der Waals surface area contributed by atoms with Crippen molar-refractivity contribution in [3.8, 4) is 11.5 Å². The highest BCUT2D eigenvalue weighted by Crippen LogP contribution is 2.41. The van der Waals surface area contributed by atoms with E-state index < -0.39 is 23.7 Å². The summed E-state index contributed by atoms with van der Waals surface area (Å²) in [6.07, 6.45) is 1.56. The summed E-state index contributed by atoms with van der Waals surface area (Å²) in [5.41, 5.74) is 0.865. The fourth-order valence-corrected chi connectivity index (χ4v) is 3.81. The van der Waals surface area contributed by atoms with E-state index in [1.807, 2.05) is 0 Å². The number of rotatable bonds is 9. The third-order valence-electron chi connectivity index (χ3n) is 5.40. The Balaban J connectivity index is 2.01. The number of aliphatic hydroxyl groups is 1. The first-order valence-electron chi connectivity index (χ1n) is 10.3. The van der Waals surface area contributed by atoms with E-state index in [-0.39, 0.29) is 35.8 Å². The molecule has 1 saturated heterocycles. The van der Waals surface area contributed by atoms with Gasteiger partial charge in [0, 0.05) is 18.5 Å². The van der Waals surface area contributed by atoms with Gasteiger partial charge in [0.1, 0.15) is 5.76 Å². The summed E-state index contributed by atoms with van der Waals surface area (Å²) in [5, 5.41) is 29.7. The first-order valence-corrected chi connectivity index (χ1v) is 10.3. The number of hydrogen-bond acceptors (Lipinski definition) is 6. The SMILES string of the molecule is COc1cc(C2/C(=C(\O)c3ccccc3)C(=O)C(=O)N2CCCCCC(=O)O)ccc1O. The number of Topliss-reactive ketones (excluding diaryl/α,β-unsaturated/α-hetero) is 1. The van der Waals surface area contributed by atoms with Gasteiger partial charge >= 0.3 is 5.97 Å². The van der Waals surface area contributed by atoms with Crippen molar-refractivity contribution in [2.45, 2.75) is 31.7 Å². The highest BCUT2D eigenvalue weighted by atomic mass is 16.5. The molecular formula is C24H25NO7. The zero-order valence-corrected chi connectivity index (χ0v) is 17.7. The van der Waals surface area contributed by atoms with Crippen LogP contribution in [-0.2, 0) is 14.4 Å². The molecule has 0 aliphatic carbocycles. The van der Waals surface area contributed by atoms with E-state index in [0.29, 0.717) is 30.4 Å². The number of methoxy groups -OCH3 is 1. The smallest absolute Gasteiger partial charge is 0.303 e. The number of aromatic hydroxyl groups is 1. The molecule has 1 aliphatic rings. The molecule has 0 radical (unpaired) electrons. The van der Waals surface area contributed by atoms with Crippen LogP contribution in [0, 0.1) is 0 Å². The van der Waals surface area contributed by atoms with Crippen molar-refractivity contribution >= 4 is 23.4 Å². The van der Waals surface area contributed by atoms with Crippen molar-refractivity contribution in [2.24, 2.45) is 0 Å². The number of phenolic OH excluding ortho intramolecular Hbond substituents is 1. The number of carboxylic acid groups (broad SMARTS) is 1. The van der Waals surface area contributed by atoms with Crippen LogP contribution >= 0.6 is 0 Å². The molecule has 3 rings (SSSR count). The number of unbranched alkanes of at least 4 members (excludes halogenated alkanes) is 2. The molecule has 2 aromatic carbocycles. The summed E-state index contributed by atoms with van der Waals surface area (Å²) in [4.78, 5) is 37.9. The van der Waals surface area contributed by atoms with Gasteiger partial charge in [0.25, 0.3) is 11.7 Å². The quantitative estimate of drug-likeness (QED) is 0.236. The van der Waals surface area contributed by atoms with Gasteiger partial charge in [-0.25, -0.2) is 0 Å². The molecular weight excluding hydrogens is 414 g/mol. The number of likely N-dealkylation sites (tertiary alicyclic amines) is 1. The maximum atomic E-state index is 12.9. The molecule has 2 aromatic rings. The van der Waals surface area contributed by atoms with Crippen molar-refractivity contribution in [3.63, 3.8) is 0 Å². The van der Waals surface area contributed by atoms with Gasteiger partial charge in [-0.3, -0.25) is 14.4 Å².